The van der Waals surface area contributed by atoms with Crippen molar-refractivity contribution in [3.8, 4) is 0 Å². The van der Waals surface area contributed by atoms with Gasteiger partial charge in [-0.3, -0.25) is 9.59 Å². The molecule has 0 saturated carbocycles. The third-order valence-corrected chi connectivity index (χ3v) is 6.34. The van der Waals surface area contributed by atoms with Crippen LogP contribution in [-0.2, 0) is 7.05 Å². The fraction of sp³-hybridized carbons (Fsp3) is 0.111. The molecule has 0 bridgehead atoms. The van der Waals surface area contributed by atoms with E-state index in [1.54, 1.807) is 24.5 Å². The fourth-order valence-corrected chi connectivity index (χ4v) is 4.75. The number of hydrogen-bond donors (Lipinski definition) is 0. The minimum absolute atomic E-state index is 0.0876. The highest BCUT2D eigenvalue weighted by Gasteiger charge is 2.07. The number of aryl methyl sites for hydroxylation is 1. The van der Waals surface area contributed by atoms with E-state index in [9.17, 15) is 9.59 Å². The first-order valence-corrected chi connectivity index (χ1v) is 9.68. The number of nitrogens with zero attached hydrogens (tertiary/aromatic N) is 1. The van der Waals surface area contributed by atoms with Gasteiger partial charge < -0.3 is 4.57 Å². The van der Waals surface area contributed by atoms with Crippen LogP contribution in [0.1, 0.15) is 20.8 Å². The van der Waals surface area contributed by atoms with Crippen molar-refractivity contribution in [1.29, 1.82) is 0 Å². The lowest BCUT2D eigenvalue weighted by Gasteiger charge is -1.99. The monoisotopic (exact) mass is 419 g/mol. The van der Waals surface area contributed by atoms with Crippen LogP contribution in [0.2, 0.25) is 0 Å². The number of carbonyl (C=O) groups is 1. The summed E-state index contributed by atoms with van der Waals surface area (Å²) in [6, 6.07) is 9.42. The molecule has 0 atom stereocenters. The van der Waals surface area contributed by atoms with Gasteiger partial charge in [-0.15, -0.1) is 22.7 Å². The molecule has 2 aromatic heterocycles. The quantitative estimate of drug-likeness (QED) is 0.611. The second-order valence-electron chi connectivity index (χ2n) is 5.30. The first-order valence-electron chi connectivity index (χ1n) is 7.19. The van der Waals surface area contributed by atoms with E-state index in [4.69, 9.17) is 0 Å². The van der Waals surface area contributed by atoms with E-state index in [0.717, 1.165) is 14.9 Å². The van der Waals surface area contributed by atoms with Gasteiger partial charge in [0.1, 0.15) is 4.66 Å². The van der Waals surface area contributed by atoms with Crippen molar-refractivity contribution in [2.45, 2.75) is 6.92 Å². The predicted molar refractivity (Wildman–Crippen MR) is 104 cm³/mol. The normalized spacial score (nSPS) is 12.8. The lowest BCUT2D eigenvalue weighted by molar-refractivity contribution is 0.106. The Hall–Kier alpha value is -1.76. The molecule has 3 aromatic rings. The lowest BCUT2D eigenvalue weighted by atomic mass is 10.1. The molecule has 3 rings (SSSR count). The number of halogens is 1. The Morgan fingerprint density at radius 3 is 2.71 bits per heavy atom. The van der Waals surface area contributed by atoms with E-state index < -0.39 is 0 Å². The van der Waals surface area contributed by atoms with E-state index in [-0.39, 0.29) is 11.3 Å². The van der Waals surface area contributed by atoms with E-state index in [0.29, 0.717) is 14.8 Å². The molecule has 0 unspecified atom stereocenters. The van der Waals surface area contributed by atoms with Gasteiger partial charge in [-0.05, 0) is 40.6 Å². The summed E-state index contributed by atoms with van der Waals surface area (Å²) in [4.78, 5) is 25.9. The summed E-state index contributed by atoms with van der Waals surface area (Å²) >= 11 is 6.30. The maximum atomic E-state index is 12.5. The van der Waals surface area contributed by atoms with Crippen molar-refractivity contribution in [1.82, 2.24) is 4.57 Å². The highest BCUT2D eigenvalue weighted by atomic mass is 79.9. The summed E-state index contributed by atoms with van der Waals surface area (Å²) in [6.07, 6.45) is 3.40. The first-order chi connectivity index (χ1) is 11.5. The topological polar surface area (TPSA) is 39.1 Å². The lowest BCUT2D eigenvalue weighted by Crippen LogP contribution is -2.29. The van der Waals surface area contributed by atoms with Crippen LogP contribution in [-0.4, -0.2) is 10.4 Å². The summed E-state index contributed by atoms with van der Waals surface area (Å²) in [5.74, 6) is -0.0876. The summed E-state index contributed by atoms with van der Waals surface area (Å²) in [6.45, 7) is 1.91. The average Bonchev–Trinajstić information content (AvgIpc) is 3.07. The Morgan fingerprint density at radius 1 is 1.29 bits per heavy atom. The van der Waals surface area contributed by atoms with Gasteiger partial charge in [0.25, 0.3) is 5.56 Å². The van der Waals surface area contributed by atoms with Crippen LogP contribution in [0.4, 0.5) is 0 Å². The molecular weight excluding hydrogens is 406 g/mol. The van der Waals surface area contributed by atoms with Crippen molar-refractivity contribution in [2.24, 2.45) is 7.05 Å². The zero-order valence-electron chi connectivity index (χ0n) is 13.1. The largest absolute Gasteiger partial charge is 0.302 e. The molecular formula is C18H14BrNO2S2. The van der Waals surface area contributed by atoms with Gasteiger partial charge in [-0.1, -0.05) is 24.3 Å². The van der Waals surface area contributed by atoms with E-state index in [1.807, 2.05) is 42.6 Å². The van der Waals surface area contributed by atoms with Gasteiger partial charge in [-0.25, -0.2) is 0 Å². The average molecular weight is 420 g/mol. The SMILES string of the molecule is Cc1ccccc1C(=O)/C=c1\s/c(=C\c2cc(Br)cs2)c(=O)n1C. The van der Waals surface area contributed by atoms with Crippen molar-refractivity contribution in [2.75, 3.05) is 0 Å². The number of aromatic nitrogens is 1. The molecule has 0 spiro atoms. The number of hydrogen-bond acceptors (Lipinski definition) is 4. The van der Waals surface area contributed by atoms with E-state index in [2.05, 4.69) is 15.9 Å². The third kappa shape index (κ3) is 3.50. The molecule has 2 heterocycles. The van der Waals surface area contributed by atoms with Gasteiger partial charge >= 0.3 is 0 Å². The zero-order chi connectivity index (χ0) is 17.3. The Morgan fingerprint density at radius 2 is 2.04 bits per heavy atom. The molecule has 0 N–H and O–H groups in total. The summed E-state index contributed by atoms with van der Waals surface area (Å²) in [5.41, 5.74) is 1.50. The highest BCUT2D eigenvalue weighted by Crippen LogP contribution is 2.19. The van der Waals surface area contributed by atoms with Gasteiger partial charge in [0.05, 0.1) is 4.53 Å². The molecule has 0 aliphatic carbocycles. The molecule has 24 heavy (non-hydrogen) atoms. The van der Waals surface area contributed by atoms with Crippen molar-refractivity contribution in [3.05, 3.63) is 75.7 Å². The Balaban J connectivity index is 2.09. The molecule has 0 fully saturated rings. The summed E-state index contributed by atoms with van der Waals surface area (Å²) in [5, 5.41) is 1.97. The van der Waals surface area contributed by atoms with Gasteiger partial charge in [-0.2, -0.15) is 0 Å². The minimum atomic E-state index is -0.0895. The van der Waals surface area contributed by atoms with Crippen LogP contribution in [0, 0.1) is 6.92 Å². The first kappa shape index (κ1) is 17.1. The van der Waals surface area contributed by atoms with Gasteiger partial charge in [0.15, 0.2) is 5.78 Å². The standard InChI is InChI=1S/C18H14BrNO2S2/c1-11-5-3-4-6-14(11)15(21)9-17-20(2)18(22)16(24-17)8-13-7-12(19)10-23-13/h3-10H,1-2H3/b16-8-,17-9-. The Bertz CT molecular complexity index is 1090. The summed E-state index contributed by atoms with van der Waals surface area (Å²) < 4.78 is 3.79. The van der Waals surface area contributed by atoms with Crippen LogP contribution >= 0.6 is 38.6 Å². The number of thiophene rings is 1. The number of Topliss-reactive ketones (excluding diaryl/α,β-unsaturated/α-hetero) is 1. The second kappa shape index (κ2) is 7.01. The Kier molecular flexibility index (Phi) is 4.99. The maximum Gasteiger partial charge on any atom is 0.268 e. The van der Waals surface area contributed by atoms with E-state index >= 15 is 0 Å². The molecule has 3 nitrogen and oxygen atoms in total. The smallest absolute Gasteiger partial charge is 0.268 e. The van der Waals surface area contributed by atoms with Gasteiger partial charge in [0.2, 0.25) is 0 Å². The number of carbonyl (C=O) groups excluding carboxylic acids is 1. The van der Waals surface area contributed by atoms with Gasteiger partial charge in [0, 0.05) is 33.4 Å². The molecule has 122 valence electrons. The van der Waals surface area contributed by atoms with E-state index in [1.165, 1.54) is 22.0 Å². The number of ketones is 1. The van der Waals surface area contributed by atoms with Crippen molar-refractivity contribution >= 4 is 56.5 Å². The van der Waals surface area contributed by atoms with Crippen molar-refractivity contribution < 1.29 is 4.79 Å². The Labute approximate surface area is 155 Å². The summed E-state index contributed by atoms with van der Waals surface area (Å²) in [7, 11) is 1.69. The molecule has 0 aliphatic heterocycles. The number of thiazole rings is 1. The van der Waals surface area contributed by atoms with Crippen molar-refractivity contribution in [3.63, 3.8) is 0 Å². The molecule has 0 saturated heterocycles. The molecule has 6 heteroatoms. The van der Waals surface area contributed by atoms with Crippen LogP contribution in [0.5, 0.6) is 0 Å². The van der Waals surface area contributed by atoms with Crippen LogP contribution < -0.4 is 14.8 Å². The van der Waals surface area contributed by atoms with Crippen LogP contribution in [0.3, 0.4) is 0 Å². The molecule has 1 aromatic carbocycles. The predicted octanol–water partition coefficient (Wildman–Crippen LogP) is 3.07. The van der Waals surface area contributed by atoms with Crippen LogP contribution in [0.15, 0.2) is 45.0 Å². The number of rotatable bonds is 3. The minimum Gasteiger partial charge on any atom is -0.302 e. The molecule has 0 radical (unpaired) electrons. The molecule has 0 aliphatic rings. The maximum absolute atomic E-state index is 12.5. The second-order valence-corrected chi connectivity index (χ2v) is 8.22. The third-order valence-electron chi connectivity index (χ3n) is 3.59. The highest BCUT2D eigenvalue weighted by molar-refractivity contribution is 9.10. The molecule has 0 amide bonds. The van der Waals surface area contributed by atoms with Crippen LogP contribution in [0.25, 0.3) is 12.2 Å². The zero-order valence-corrected chi connectivity index (χ0v) is 16.3. The fourth-order valence-electron chi connectivity index (χ4n) is 2.28. The number of benzene rings is 1.